The summed E-state index contributed by atoms with van der Waals surface area (Å²) in [6.07, 6.45) is 3.88. The van der Waals surface area contributed by atoms with E-state index in [1.54, 1.807) is 37.7 Å². The summed E-state index contributed by atoms with van der Waals surface area (Å²) >= 11 is 0. The molecule has 138 valence electrons. The number of hydrogen-bond acceptors (Lipinski definition) is 4. The monoisotopic (exact) mass is 381 g/mol. The van der Waals surface area contributed by atoms with Crippen LogP contribution in [0.2, 0.25) is 0 Å². The van der Waals surface area contributed by atoms with E-state index in [2.05, 4.69) is 14.8 Å². The summed E-state index contributed by atoms with van der Waals surface area (Å²) < 4.78 is 31.6. The number of nitrogens with one attached hydrogen (secondary N) is 1. The van der Waals surface area contributed by atoms with E-state index >= 15 is 0 Å². The Bertz CT molecular complexity index is 1200. The maximum Gasteiger partial charge on any atom is 0.265 e. The molecule has 4 rings (SSSR count). The summed E-state index contributed by atoms with van der Waals surface area (Å²) in [5, 5.41) is 4.18. The normalized spacial score (nSPS) is 11.8. The molecule has 0 aliphatic rings. The molecule has 3 aromatic heterocycles. The summed E-state index contributed by atoms with van der Waals surface area (Å²) in [6.45, 7) is 3.43. The van der Waals surface area contributed by atoms with Gasteiger partial charge < -0.3 is 4.40 Å². The molecule has 0 unspecified atom stereocenters. The summed E-state index contributed by atoms with van der Waals surface area (Å²) in [4.78, 5) is 4.79. The molecule has 0 aliphatic heterocycles. The summed E-state index contributed by atoms with van der Waals surface area (Å²) in [5.74, 6) is 0. The van der Waals surface area contributed by atoms with Crippen LogP contribution in [-0.4, -0.2) is 27.6 Å². The van der Waals surface area contributed by atoms with Gasteiger partial charge in [0, 0.05) is 30.7 Å². The Balaban J connectivity index is 1.62. The minimum atomic E-state index is -3.70. The van der Waals surface area contributed by atoms with E-state index in [-0.39, 0.29) is 4.90 Å². The van der Waals surface area contributed by atoms with Crippen molar-refractivity contribution in [2.24, 2.45) is 7.05 Å². The highest BCUT2D eigenvalue weighted by Gasteiger charge is 2.23. The Kier molecular flexibility index (Phi) is 4.00. The lowest BCUT2D eigenvalue weighted by atomic mass is 10.1. The van der Waals surface area contributed by atoms with Crippen LogP contribution < -0.4 is 4.72 Å². The zero-order valence-corrected chi connectivity index (χ0v) is 16.0. The predicted molar refractivity (Wildman–Crippen MR) is 104 cm³/mol. The van der Waals surface area contributed by atoms with Gasteiger partial charge >= 0.3 is 0 Å². The van der Waals surface area contributed by atoms with Gasteiger partial charge in [0.15, 0.2) is 0 Å². The molecule has 0 saturated carbocycles. The highest BCUT2D eigenvalue weighted by molar-refractivity contribution is 7.92. The Hall–Kier alpha value is -3.13. The van der Waals surface area contributed by atoms with E-state index in [1.165, 1.54) is 0 Å². The van der Waals surface area contributed by atoms with Gasteiger partial charge in [-0.05, 0) is 38.1 Å². The minimum absolute atomic E-state index is 0.217. The Morgan fingerprint density at radius 3 is 2.41 bits per heavy atom. The molecule has 1 aromatic carbocycles. The van der Waals surface area contributed by atoms with Crippen LogP contribution in [0.15, 0.2) is 59.8 Å². The lowest BCUT2D eigenvalue weighted by molar-refractivity contribution is 0.599. The topological polar surface area (TPSA) is 81.3 Å². The molecular weight excluding hydrogens is 362 g/mol. The number of aryl methyl sites for hydroxylation is 2. The van der Waals surface area contributed by atoms with Crippen molar-refractivity contribution in [1.29, 1.82) is 0 Å². The van der Waals surface area contributed by atoms with Gasteiger partial charge in [-0.2, -0.15) is 5.10 Å². The quantitative estimate of drug-likeness (QED) is 0.589. The number of anilines is 1. The lowest BCUT2D eigenvalue weighted by Crippen LogP contribution is -2.14. The molecular formula is C19H19N5O2S. The third-order valence-electron chi connectivity index (χ3n) is 4.51. The van der Waals surface area contributed by atoms with E-state index in [9.17, 15) is 8.42 Å². The van der Waals surface area contributed by atoms with E-state index in [4.69, 9.17) is 0 Å². The van der Waals surface area contributed by atoms with Crippen molar-refractivity contribution in [3.8, 4) is 11.3 Å². The number of benzene rings is 1. The molecule has 0 spiro atoms. The standard InChI is InChI=1S/C19H19N5O2S/c1-13-19(14(2)23(3)21-13)27(25,26)22-16-9-7-15(8-10-16)17-12-24-11-5-4-6-18(24)20-17/h4-12,22H,1-3H3. The summed E-state index contributed by atoms with van der Waals surface area (Å²) in [5.41, 5.74) is 4.17. The van der Waals surface area contributed by atoms with Gasteiger partial charge in [-0.15, -0.1) is 0 Å². The molecule has 1 N–H and O–H groups in total. The Morgan fingerprint density at radius 1 is 1.04 bits per heavy atom. The molecule has 0 bridgehead atoms. The molecule has 8 heteroatoms. The molecule has 0 amide bonds. The van der Waals surface area contributed by atoms with Crippen LogP contribution in [0.3, 0.4) is 0 Å². The third kappa shape index (κ3) is 3.08. The second kappa shape index (κ2) is 6.24. The van der Waals surface area contributed by atoms with Gasteiger partial charge in [0.2, 0.25) is 0 Å². The van der Waals surface area contributed by atoms with Crippen LogP contribution >= 0.6 is 0 Å². The van der Waals surface area contributed by atoms with Gasteiger partial charge in [0.25, 0.3) is 10.0 Å². The average molecular weight is 381 g/mol. The van der Waals surface area contributed by atoms with Crippen LogP contribution in [0.1, 0.15) is 11.4 Å². The van der Waals surface area contributed by atoms with Crippen LogP contribution in [0.25, 0.3) is 16.9 Å². The van der Waals surface area contributed by atoms with Crippen LogP contribution in [0, 0.1) is 13.8 Å². The van der Waals surface area contributed by atoms with Crippen molar-refractivity contribution >= 4 is 21.4 Å². The fraction of sp³-hybridized carbons (Fsp3) is 0.158. The number of hydrogen-bond donors (Lipinski definition) is 1. The number of sulfonamides is 1. The third-order valence-corrected chi connectivity index (χ3v) is 6.14. The van der Waals surface area contributed by atoms with E-state index in [1.807, 2.05) is 47.1 Å². The van der Waals surface area contributed by atoms with E-state index in [0.29, 0.717) is 17.1 Å². The Morgan fingerprint density at radius 2 is 1.78 bits per heavy atom. The molecule has 0 aliphatic carbocycles. The van der Waals surface area contributed by atoms with Gasteiger partial charge in [0.05, 0.1) is 17.1 Å². The number of aromatic nitrogens is 4. The molecule has 3 heterocycles. The SMILES string of the molecule is Cc1nn(C)c(C)c1S(=O)(=O)Nc1ccc(-c2cn3ccccc3n2)cc1. The predicted octanol–water partition coefficient (Wildman–Crippen LogP) is 3.15. The van der Waals surface area contributed by atoms with Gasteiger partial charge in [-0.3, -0.25) is 9.40 Å². The molecule has 7 nitrogen and oxygen atoms in total. The first-order chi connectivity index (χ1) is 12.8. The van der Waals surface area contributed by atoms with Crippen molar-refractivity contribution in [3.05, 3.63) is 66.2 Å². The van der Waals surface area contributed by atoms with Crippen molar-refractivity contribution in [1.82, 2.24) is 19.2 Å². The first kappa shape index (κ1) is 17.3. The highest BCUT2D eigenvalue weighted by atomic mass is 32.2. The van der Waals surface area contributed by atoms with Crippen molar-refractivity contribution in [3.63, 3.8) is 0 Å². The number of imidazole rings is 1. The fourth-order valence-electron chi connectivity index (χ4n) is 3.13. The molecule has 0 saturated heterocycles. The maximum absolute atomic E-state index is 12.7. The number of nitrogens with zero attached hydrogens (tertiary/aromatic N) is 4. The molecule has 0 radical (unpaired) electrons. The number of fused-ring (bicyclic) bond motifs is 1. The maximum atomic E-state index is 12.7. The smallest absolute Gasteiger partial charge is 0.265 e. The van der Waals surface area contributed by atoms with E-state index < -0.39 is 10.0 Å². The van der Waals surface area contributed by atoms with Crippen LogP contribution in [-0.2, 0) is 17.1 Å². The van der Waals surface area contributed by atoms with Gasteiger partial charge in [-0.1, -0.05) is 18.2 Å². The second-order valence-electron chi connectivity index (χ2n) is 6.40. The molecule has 0 fully saturated rings. The fourth-order valence-corrected chi connectivity index (χ4v) is 4.63. The lowest BCUT2D eigenvalue weighted by Gasteiger charge is -2.09. The molecule has 0 atom stereocenters. The molecule has 27 heavy (non-hydrogen) atoms. The van der Waals surface area contributed by atoms with Crippen molar-refractivity contribution in [2.45, 2.75) is 18.7 Å². The van der Waals surface area contributed by atoms with Gasteiger partial charge in [0.1, 0.15) is 10.5 Å². The summed E-state index contributed by atoms with van der Waals surface area (Å²) in [6, 6.07) is 13.0. The van der Waals surface area contributed by atoms with Crippen LogP contribution in [0.5, 0.6) is 0 Å². The largest absolute Gasteiger partial charge is 0.306 e. The van der Waals surface area contributed by atoms with Crippen molar-refractivity contribution < 1.29 is 8.42 Å². The highest BCUT2D eigenvalue weighted by Crippen LogP contribution is 2.25. The van der Waals surface area contributed by atoms with E-state index in [0.717, 1.165) is 16.9 Å². The van der Waals surface area contributed by atoms with Crippen LogP contribution in [0.4, 0.5) is 5.69 Å². The zero-order valence-electron chi connectivity index (χ0n) is 15.2. The average Bonchev–Trinajstić information content (AvgIpc) is 3.16. The van der Waals surface area contributed by atoms with Crippen molar-refractivity contribution in [2.75, 3.05) is 4.72 Å². The number of rotatable bonds is 4. The first-order valence-corrected chi connectivity index (χ1v) is 9.91. The van der Waals surface area contributed by atoms with Gasteiger partial charge in [-0.25, -0.2) is 13.4 Å². The minimum Gasteiger partial charge on any atom is -0.306 e. The first-order valence-electron chi connectivity index (χ1n) is 8.42. The number of pyridine rings is 1. The zero-order chi connectivity index (χ0) is 19.2. The summed E-state index contributed by atoms with van der Waals surface area (Å²) in [7, 11) is -1.98. The second-order valence-corrected chi connectivity index (χ2v) is 8.02. The molecule has 4 aromatic rings. The Labute approximate surface area is 157 Å².